The van der Waals surface area contributed by atoms with Crippen molar-refractivity contribution < 1.29 is 19.2 Å². The summed E-state index contributed by atoms with van der Waals surface area (Å²) in [5.41, 5.74) is 2.46. The first-order chi connectivity index (χ1) is 14.7. The van der Waals surface area contributed by atoms with Gasteiger partial charge in [0.15, 0.2) is 11.7 Å². The van der Waals surface area contributed by atoms with E-state index in [0.29, 0.717) is 17.5 Å². The Kier molecular flexibility index (Phi) is 6.61. The number of fused-ring (bicyclic) bond motifs is 1. The van der Waals surface area contributed by atoms with Crippen LogP contribution in [-0.2, 0) is 24.3 Å². The normalized spacial score (nSPS) is 15.3. The van der Waals surface area contributed by atoms with E-state index in [4.69, 9.17) is 9.47 Å². The second kappa shape index (κ2) is 9.73. The van der Waals surface area contributed by atoms with Crippen LogP contribution in [0, 0.1) is 0 Å². The van der Waals surface area contributed by atoms with Crippen molar-refractivity contribution in [2.24, 2.45) is 0 Å². The van der Waals surface area contributed by atoms with E-state index in [1.54, 1.807) is 23.5 Å². The number of ether oxygens (including phenoxy) is 2. The molecule has 2 heterocycles. The summed E-state index contributed by atoms with van der Waals surface area (Å²) in [4.78, 5) is 19.7. The smallest absolute Gasteiger partial charge is 0.264 e. The zero-order chi connectivity index (χ0) is 20.8. The fraction of sp³-hybridized carbons (Fsp3) is 0.304. The van der Waals surface area contributed by atoms with Crippen LogP contribution in [0.15, 0.2) is 54.6 Å². The van der Waals surface area contributed by atoms with Crippen molar-refractivity contribution in [2.45, 2.75) is 26.4 Å². The lowest BCUT2D eigenvalue weighted by Crippen LogP contribution is -3.10. The molecule has 1 unspecified atom stereocenters. The highest BCUT2D eigenvalue weighted by atomic mass is 32.1. The van der Waals surface area contributed by atoms with Crippen LogP contribution < -0.4 is 19.7 Å². The first kappa shape index (κ1) is 20.4. The van der Waals surface area contributed by atoms with Crippen molar-refractivity contribution >= 4 is 22.4 Å². The van der Waals surface area contributed by atoms with Crippen LogP contribution in [0.25, 0.3) is 0 Å². The standard InChI is InChI=1S/C23H25N3O3S/c1-2-28-18-8-10-19(11-9-18)29-16-22(27)25-23-24-20-12-13-26(15-21(20)30-23)14-17-6-4-3-5-7-17/h3-11H,2,12-16H2,1H3,(H,24,25,27)/p+1. The van der Waals surface area contributed by atoms with Gasteiger partial charge in [-0.3, -0.25) is 10.1 Å². The van der Waals surface area contributed by atoms with E-state index in [2.05, 4.69) is 34.6 Å². The molecule has 0 aliphatic carbocycles. The molecular formula is C23H26N3O3S+. The molecule has 0 bridgehead atoms. The maximum Gasteiger partial charge on any atom is 0.264 e. The Morgan fingerprint density at radius 3 is 2.57 bits per heavy atom. The number of aromatic nitrogens is 1. The number of benzene rings is 2. The highest BCUT2D eigenvalue weighted by Gasteiger charge is 2.24. The summed E-state index contributed by atoms with van der Waals surface area (Å²) in [6, 6.07) is 17.8. The molecule has 1 aliphatic heterocycles. The summed E-state index contributed by atoms with van der Waals surface area (Å²) in [5, 5.41) is 3.53. The van der Waals surface area contributed by atoms with Gasteiger partial charge in [-0.2, -0.15) is 0 Å². The second-order valence-electron chi connectivity index (χ2n) is 7.22. The molecular weight excluding hydrogens is 398 g/mol. The van der Waals surface area contributed by atoms with Gasteiger partial charge in [-0.05, 0) is 31.2 Å². The third kappa shape index (κ3) is 5.37. The zero-order valence-electron chi connectivity index (χ0n) is 17.0. The van der Waals surface area contributed by atoms with E-state index in [1.807, 2.05) is 25.1 Å². The summed E-state index contributed by atoms with van der Waals surface area (Å²) >= 11 is 1.57. The molecule has 2 aromatic carbocycles. The number of nitrogens with zero attached hydrogens (tertiary/aromatic N) is 1. The number of carbonyl (C=O) groups excluding carboxylic acids is 1. The van der Waals surface area contributed by atoms with Crippen LogP contribution in [0.5, 0.6) is 11.5 Å². The van der Waals surface area contributed by atoms with Gasteiger partial charge in [-0.1, -0.05) is 41.7 Å². The summed E-state index contributed by atoms with van der Waals surface area (Å²) in [5.74, 6) is 1.21. The molecule has 1 amide bonds. The highest BCUT2D eigenvalue weighted by molar-refractivity contribution is 7.15. The molecule has 6 nitrogen and oxygen atoms in total. The van der Waals surface area contributed by atoms with Crippen LogP contribution >= 0.6 is 11.3 Å². The molecule has 156 valence electrons. The quantitative estimate of drug-likeness (QED) is 0.584. The van der Waals surface area contributed by atoms with Crippen molar-refractivity contribution in [3.8, 4) is 11.5 Å². The van der Waals surface area contributed by atoms with Gasteiger partial charge in [-0.15, -0.1) is 0 Å². The number of anilines is 1. The number of rotatable bonds is 8. The van der Waals surface area contributed by atoms with Crippen LogP contribution in [0.4, 0.5) is 5.13 Å². The highest BCUT2D eigenvalue weighted by Crippen LogP contribution is 2.24. The molecule has 30 heavy (non-hydrogen) atoms. The minimum Gasteiger partial charge on any atom is -0.494 e. The van der Waals surface area contributed by atoms with Crippen molar-refractivity contribution in [1.82, 2.24) is 4.98 Å². The van der Waals surface area contributed by atoms with Crippen molar-refractivity contribution in [3.05, 3.63) is 70.7 Å². The van der Waals surface area contributed by atoms with Crippen LogP contribution in [0.2, 0.25) is 0 Å². The number of quaternary nitrogens is 1. The van der Waals surface area contributed by atoms with Crippen molar-refractivity contribution in [3.63, 3.8) is 0 Å². The predicted molar refractivity (Wildman–Crippen MR) is 117 cm³/mol. The molecule has 0 spiro atoms. The summed E-state index contributed by atoms with van der Waals surface area (Å²) in [6.45, 7) is 5.51. The molecule has 2 N–H and O–H groups in total. The Bertz CT molecular complexity index is 973. The lowest BCUT2D eigenvalue weighted by molar-refractivity contribution is -0.929. The number of hydrogen-bond donors (Lipinski definition) is 2. The Hall–Kier alpha value is -2.90. The summed E-state index contributed by atoms with van der Waals surface area (Å²) in [7, 11) is 0. The van der Waals surface area contributed by atoms with E-state index in [9.17, 15) is 4.79 Å². The Balaban J connectivity index is 1.28. The minimum atomic E-state index is -0.205. The monoisotopic (exact) mass is 424 g/mol. The number of thiazole rings is 1. The maximum absolute atomic E-state index is 12.3. The van der Waals surface area contributed by atoms with Crippen molar-refractivity contribution in [2.75, 3.05) is 25.1 Å². The average Bonchev–Trinajstić information content (AvgIpc) is 3.15. The first-order valence-corrected chi connectivity index (χ1v) is 11.0. The van der Waals surface area contributed by atoms with Gasteiger partial charge in [0.05, 0.1) is 23.7 Å². The number of carbonyl (C=O) groups is 1. The largest absolute Gasteiger partial charge is 0.494 e. The van der Waals surface area contributed by atoms with E-state index in [-0.39, 0.29) is 12.5 Å². The third-order valence-corrected chi connectivity index (χ3v) is 5.97. The molecule has 1 aromatic heterocycles. The molecule has 1 atom stereocenters. The van der Waals surface area contributed by atoms with Gasteiger partial charge in [0.1, 0.15) is 24.6 Å². The molecule has 3 aromatic rings. The third-order valence-electron chi connectivity index (χ3n) is 4.95. The van der Waals surface area contributed by atoms with Gasteiger partial charge in [0.2, 0.25) is 0 Å². The molecule has 0 fully saturated rings. The van der Waals surface area contributed by atoms with Crippen LogP contribution in [0.1, 0.15) is 23.1 Å². The second-order valence-corrected chi connectivity index (χ2v) is 8.30. The maximum atomic E-state index is 12.3. The number of hydrogen-bond acceptors (Lipinski definition) is 5. The molecule has 0 saturated heterocycles. The van der Waals surface area contributed by atoms with Crippen molar-refractivity contribution in [1.29, 1.82) is 0 Å². The molecule has 1 aliphatic rings. The van der Waals surface area contributed by atoms with E-state index < -0.39 is 0 Å². The Morgan fingerprint density at radius 2 is 1.83 bits per heavy atom. The van der Waals surface area contributed by atoms with Gasteiger partial charge in [0, 0.05) is 12.0 Å². The van der Waals surface area contributed by atoms with E-state index in [1.165, 1.54) is 15.3 Å². The van der Waals surface area contributed by atoms with Gasteiger partial charge in [-0.25, -0.2) is 4.98 Å². The number of amides is 1. The Morgan fingerprint density at radius 1 is 1.10 bits per heavy atom. The lowest BCUT2D eigenvalue weighted by atomic mass is 10.1. The van der Waals surface area contributed by atoms with Gasteiger partial charge in [0.25, 0.3) is 5.91 Å². The van der Waals surface area contributed by atoms with Crippen LogP contribution in [0.3, 0.4) is 0 Å². The first-order valence-electron chi connectivity index (χ1n) is 10.2. The van der Waals surface area contributed by atoms with Gasteiger partial charge >= 0.3 is 0 Å². The number of nitrogens with one attached hydrogen (secondary N) is 2. The topological polar surface area (TPSA) is 64.9 Å². The van der Waals surface area contributed by atoms with E-state index >= 15 is 0 Å². The summed E-state index contributed by atoms with van der Waals surface area (Å²) < 4.78 is 11.0. The zero-order valence-corrected chi connectivity index (χ0v) is 17.8. The molecule has 0 saturated carbocycles. The summed E-state index contributed by atoms with van der Waals surface area (Å²) in [6.07, 6.45) is 0.937. The Labute approximate surface area is 180 Å². The minimum absolute atomic E-state index is 0.0520. The molecule has 0 radical (unpaired) electrons. The van der Waals surface area contributed by atoms with E-state index in [0.717, 1.165) is 37.5 Å². The SMILES string of the molecule is CCOc1ccc(OCC(=O)Nc2nc3c(s2)C[NH+](Cc2ccccc2)CC3)cc1. The molecule has 4 rings (SSSR count). The average molecular weight is 425 g/mol. The van der Waals surface area contributed by atoms with Gasteiger partial charge < -0.3 is 14.4 Å². The fourth-order valence-electron chi connectivity index (χ4n) is 3.52. The lowest BCUT2D eigenvalue weighted by Gasteiger charge is -2.22. The predicted octanol–water partition coefficient (Wildman–Crippen LogP) is 2.70. The van der Waals surface area contributed by atoms with Crippen LogP contribution in [-0.4, -0.2) is 30.6 Å². The fourth-order valence-corrected chi connectivity index (χ4v) is 4.62. The molecule has 7 heteroatoms.